The molecule has 1 aliphatic rings. The SMILES string of the molecule is CCS(=O)(=O)c1ccc([C@H](COC(F)F)NC(=O)c2cnc(N3CCN(Cc4ccc(C(F)(F)F)cc4)CC3COC(F)F)s2)cc1. The molecular formula is C29H31F7N4O5S2. The highest BCUT2D eigenvalue weighted by Gasteiger charge is 2.32. The molecule has 4 rings (SSSR count). The van der Waals surface area contributed by atoms with Gasteiger partial charge in [0.05, 0.1) is 47.7 Å². The fourth-order valence-electron chi connectivity index (χ4n) is 4.90. The summed E-state index contributed by atoms with van der Waals surface area (Å²) in [7, 11) is -3.52. The number of carbonyl (C=O) groups excluding carboxylic acids is 1. The van der Waals surface area contributed by atoms with Crippen LogP contribution < -0.4 is 10.2 Å². The van der Waals surface area contributed by atoms with E-state index >= 15 is 0 Å². The third-order valence-electron chi connectivity index (χ3n) is 7.35. The number of rotatable bonds is 14. The number of alkyl halides is 7. The van der Waals surface area contributed by atoms with E-state index in [9.17, 15) is 43.9 Å². The third kappa shape index (κ3) is 10.1. The number of sulfone groups is 1. The lowest BCUT2D eigenvalue weighted by atomic mass is 10.1. The molecule has 2 heterocycles. The Morgan fingerprint density at radius 3 is 2.28 bits per heavy atom. The number of nitrogens with one attached hydrogen (secondary N) is 1. The van der Waals surface area contributed by atoms with Gasteiger partial charge in [-0.3, -0.25) is 9.69 Å². The van der Waals surface area contributed by atoms with Crippen LogP contribution >= 0.6 is 11.3 Å². The van der Waals surface area contributed by atoms with Gasteiger partial charge in [0.15, 0.2) is 15.0 Å². The number of piperazine rings is 1. The van der Waals surface area contributed by atoms with E-state index in [0.717, 1.165) is 23.5 Å². The van der Waals surface area contributed by atoms with Gasteiger partial charge in [0.2, 0.25) is 0 Å². The summed E-state index contributed by atoms with van der Waals surface area (Å²) < 4.78 is 124. The highest BCUT2D eigenvalue weighted by atomic mass is 32.2. The second-order valence-electron chi connectivity index (χ2n) is 10.5. The van der Waals surface area contributed by atoms with Crippen LogP contribution in [0, 0.1) is 0 Å². The molecule has 1 N–H and O–H groups in total. The average molecular weight is 713 g/mol. The van der Waals surface area contributed by atoms with Gasteiger partial charge in [-0.05, 0) is 35.4 Å². The summed E-state index contributed by atoms with van der Waals surface area (Å²) >= 11 is 0.931. The number of carbonyl (C=O) groups is 1. The number of hydrogen-bond acceptors (Lipinski definition) is 9. The standard InChI is InChI=1S/C29H31F7N4O5S2/c1-2-47(42,43)22-9-5-19(6-10-22)23(17-45-27(32)33)38-25(41)24-13-37-28(46-24)40-12-11-39(15-21(40)16-44-26(30)31)14-18-3-7-20(8-4-18)29(34,35)36/h3-10,13,21,23,26-27H,2,11-12,14-17H2,1H3,(H,38,41)/t21?,23-/m0/s1. The molecule has 1 unspecified atom stereocenters. The quantitative estimate of drug-likeness (QED) is 0.216. The minimum absolute atomic E-state index is 0.0283. The molecule has 0 bridgehead atoms. The molecule has 0 aliphatic carbocycles. The summed E-state index contributed by atoms with van der Waals surface area (Å²) in [4.78, 5) is 21.1. The Morgan fingerprint density at radius 1 is 1.02 bits per heavy atom. The minimum Gasteiger partial charge on any atom is -0.342 e. The molecule has 1 aliphatic heterocycles. The molecule has 258 valence electrons. The second kappa shape index (κ2) is 15.7. The van der Waals surface area contributed by atoms with E-state index in [1.807, 2.05) is 4.90 Å². The maximum absolute atomic E-state index is 13.2. The lowest BCUT2D eigenvalue weighted by Crippen LogP contribution is -2.55. The molecule has 9 nitrogen and oxygen atoms in total. The molecule has 2 atom stereocenters. The topological polar surface area (TPSA) is 101 Å². The maximum atomic E-state index is 13.2. The molecule has 0 spiro atoms. The number of aromatic nitrogens is 1. The van der Waals surface area contributed by atoms with Crippen molar-refractivity contribution < 1.29 is 53.4 Å². The number of anilines is 1. The molecule has 1 amide bonds. The van der Waals surface area contributed by atoms with E-state index < -0.39 is 66.0 Å². The lowest BCUT2D eigenvalue weighted by Gasteiger charge is -2.41. The maximum Gasteiger partial charge on any atom is 0.416 e. The zero-order valence-electron chi connectivity index (χ0n) is 24.8. The van der Waals surface area contributed by atoms with Crippen molar-refractivity contribution in [1.82, 2.24) is 15.2 Å². The molecule has 1 saturated heterocycles. The molecule has 47 heavy (non-hydrogen) atoms. The zero-order valence-corrected chi connectivity index (χ0v) is 26.4. The Morgan fingerprint density at radius 2 is 1.68 bits per heavy atom. The molecule has 1 fully saturated rings. The van der Waals surface area contributed by atoms with Crippen LogP contribution in [0.15, 0.2) is 59.6 Å². The zero-order chi connectivity index (χ0) is 34.4. The van der Waals surface area contributed by atoms with Gasteiger partial charge in [0.1, 0.15) is 4.88 Å². The van der Waals surface area contributed by atoms with Crippen LogP contribution in [0.5, 0.6) is 0 Å². The van der Waals surface area contributed by atoms with Gasteiger partial charge in [-0.2, -0.15) is 30.7 Å². The van der Waals surface area contributed by atoms with Crippen molar-refractivity contribution in [2.45, 2.75) is 49.8 Å². The van der Waals surface area contributed by atoms with Gasteiger partial charge in [-0.1, -0.05) is 42.5 Å². The van der Waals surface area contributed by atoms with Crippen LogP contribution in [0.1, 0.15) is 39.3 Å². The molecule has 0 saturated carbocycles. The Bertz CT molecular complexity index is 1570. The van der Waals surface area contributed by atoms with E-state index in [-0.39, 0.29) is 35.2 Å². The number of halogens is 7. The first-order valence-corrected chi connectivity index (χ1v) is 16.7. The smallest absolute Gasteiger partial charge is 0.342 e. The van der Waals surface area contributed by atoms with Gasteiger partial charge in [0, 0.05) is 26.2 Å². The Balaban J connectivity index is 1.46. The molecule has 0 radical (unpaired) electrons. The van der Waals surface area contributed by atoms with Crippen molar-refractivity contribution >= 4 is 32.2 Å². The fraction of sp³-hybridized carbons (Fsp3) is 0.448. The molecule has 2 aromatic carbocycles. The van der Waals surface area contributed by atoms with E-state index in [4.69, 9.17) is 0 Å². The summed E-state index contributed by atoms with van der Waals surface area (Å²) in [6.45, 7) is -4.61. The lowest BCUT2D eigenvalue weighted by molar-refractivity contribution is -0.137. The van der Waals surface area contributed by atoms with Gasteiger partial charge in [0.25, 0.3) is 5.91 Å². The monoisotopic (exact) mass is 712 g/mol. The Hall–Kier alpha value is -3.32. The number of hydrogen-bond donors (Lipinski definition) is 1. The van der Waals surface area contributed by atoms with Gasteiger partial charge >= 0.3 is 19.4 Å². The predicted octanol–water partition coefficient (Wildman–Crippen LogP) is 5.60. The first kappa shape index (κ1) is 36.5. The van der Waals surface area contributed by atoms with E-state index in [1.165, 1.54) is 49.5 Å². The van der Waals surface area contributed by atoms with Crippen molar-refractivity contribution in [1.29, 1.82) is 0 Å². The highest BCUT2D eigenvalue weighted by molar-refractivity contribution is 7.91. The third-order valence-corrected chi connectivity index (χ3v) is 10.1. The van der Waals surface area contributed by atoms with Gasteiger partial charge in [-0.25, -0.2) is 13.4 Å². The first-order chi connectivity index (χ1) is 22.2. The summed E-state index contributed by atoms with van der Waals surface area (Å²) in [5, 5.41) is 2.90. The summed E-state index contributed by atoms with van der Waals surface area (Å²) in [5.41, 5.74) is 0.124. The van der Waals surface area contributed by atoms with Crippen molar-refractivity contribution in [3.8, 4) is 0 Å². The second-order valence-corrected chi connectivity index (χ2v) is 13.8. The van der Waals surface area contributed by atoms with Crippen LogP contribution in [-0.2, 0) is 32.0 Å². The average Bonchev–Trinajstić information content (AvgIpc) is 3.52. The Kier molecular flexibility index (Phi) is 12.2. The van der Waals surface area contributed by atoms with Crippen molar-refractivity contribution in [3.63, 3.8) is 0 Å². The van der Waals surface area contributed by atoms with Gasteiger partial charge < -0.3 is 19.7 Å². The van der Waals surface area contributed by atoms with E-state index in [1.54, 1.807) is 4.90 Å². The molecule has 1 aromatic heterocycles. The van der Waals surface area contributed by atoms with Crippen LogP contribution in [0.2, 0.25) is 0 Å². The molecule has 3 aromatic rings. The highest BCUT2D eigenvalue weighted by Crippen LogP contribution is 2.31. The summed E-state index contributed by atoms with van der Waals surface area (Å²) in [6.07, 6.45) is -3.23. The van der Waals surface area contributed by atoms with Crippen LogP contribution in [0.25, 0.3) is 0 Å². The summed E-state index contributed by atoms with van der Waals surface area (Å²) in [6, 6.07) is 8.30. The van der Waals surface area contributed by atoms with E-state index in [2.05, 4.69) is 19.8 Å². The number of thiazole rings is 1. The first-order valence-electron chi connectivity index (χ1n) is 14.2. The molecule has 18 heteroatoms. The number of benzene rings is 2. The molecular weight excluding hydrogens is 681 g/mol. The fourth-order valence-corrected chi connectivity index (χ4v) is 6.70. The normalized spacial score (nSPS) is 17.0. The predicted molar refractivity (Wildman–Crippen MR) is 158 cm³/mol. The van der Waals surface area contributed by atoms with E-state index in [0.29, 0.717) is 22.8 Å². The number of ether oxygens (including phenoxy) is 2. The van der Waals surface area contributed by atoms with Crippen LogP contribution in [0.4, 0.5) is 35.9 Å². The van der Waals surface area contributed by atoms with Crippen molar-refractivity contribution in [3.05, 3.63) is 76.3 Å². The number of nitrogens with zero attached hydrogens (tertiary/aromatic N) is 3. The Labute approximate surface area is 270 Å². The number of amides is 1. The summed E-state index contributed by atoms with van der Waals surface area (Å²) in [5.74, 6) is -0.832. The van der Waals surface area contributed by atoms with Crippen molar-refractivity contribution in [2.24, 2.45) is 0 Å². The van der Waals surface area contributed by atoms with Crippen molar-refractivity contribution in [2.75, 3.05) is 43.5 Å². The van der Waals surface area contributed by atoms with Gasteiger partial charge in [-0.15, -0.1) is 0 Å². The minimum atomic E-state index is -4.48. The van der Waals surface area contributed by atoms with Crippen LogP contribution in [0.3, 0.4) is 0 Å². The van der Waals surface area contributed by atoms with Crippen LogP contribution in [-0.4, -0.2) is 82.1 Å². The largest absolute Gasteiger partial charge is 0.416 e.